The van der Waals surface area contributed by atoms with E-state index in [2.05, 4.69) is 5.32 Å². The fraction of sp³-hybridized carbons (Fsp3) is 0.833. The van der Waals surface area contributed by atoms with Gasteiger partial charge in [-0.2, -0.15) is 0 Å². The Kier molecular flexibility index (Phi) is 4.02. The summed E-state index contributed by atoms with van der Waals surface area (Å²) in [5.74, 6) is -1.02. The van der Waals surface area contributed by atoms with Crippen molar-refractivity contribution in [3.8, 4) is 0 Å². The lowest BCUT2D eigenvalue weighted by molar-refractivity contribution is -0.140. The van der Waals surface area contributed by atoms with E-state index in [4.69, 9.17) is 15.3 Å². The molecular weight excluding hydrogens is 150 g/mol. The number of carboxylic acids is 1. The first kappa shape index (κ1) is 10.3. The van der Waals surface area contributed by atoms with E-state index < -0.39 is 24.3 Å². The minimum absolute atomic E-state index is 0.638. The lowest BCUT2D eigenvalue weighted by Gasteiger charge is -2.17. The molecule has 0 aliphatic carbocycles. The van der Waals surface area contributed by atoms with Gasteiger partial charge in [0.2, 0.25) is 0 Å². The number of hydrogen-bond acceptors (Lipinski definition) is 4. The van der Waals surface area contributed by atoms with Crippen molar-refractivity contribution in [2.45, 2.75) is 32.2 Å². The Balaban J connectivity index is 3.75. The Morgan fingerprint density at radius 2 is 1.82 bits per heavy atom. The molecule has 0 rings (SSSR count). The third kappa shape index (κ3) is 3.92. The zero-order chi connectivity index (χ0) is 9.02. The highest BCUT2D eigenvalue weighted by molar-refractivity contribution is 5.72. The second-order valence-electron chi connectivity index (χ2n) is 2.43. The van der Waals surface area contributed by atoms with E-state index in [-0.39, 0.29) is 0 Å². The van der Waals surface area contributed by atoms with Gasteiger partial charge in [-0.05, 0) is 13.8 Å². The van der Waals surface area contributed by atoms with Crippen LogP contribution in [0.5, 0.6) is 0 Å². The number of nitrogens with one attached hydrogen (secondary N) is 1. The van der Waals surface area contributed by atoms with Crippen molar-refractivity contribution < 1.29 is 20.1 Å². The SMILES string of the molecule is C[C@H](N[C@H](C)C(=O)O)C(O)O. The summed E-state index contributed by atoms with van der Waals surface area (Å²) in [6.45, 7) is 2.92. The molecule has 0 aliphatic rings. The minimum atomic E-state index is -1.53. The Bertz CT molecular complexity index is 137. The van der Waals surface area contributed by atoms with Gasteiger partial charge in [0, 0.05) is 0 Å². The smallest absolute Gasteiger partial charge is 0.320 e. The van der Waals surface area contributed by atoms with Gasteiger partial charge < -0.3 is 15.3 Å². The van der Waals surface area contributed by atoms with Gasteiger partial charge in [0.25, 0.3) is 0 Å². The third-order valence-electron chi connectivity index (χ3n) is 1.33. The van der Waals surface area contributed by atoms with Gasteiger partial charge in [-0.25, -0.2) is 0 Å². The number of carbonyl (C=O) groups is 1. The van der Waals surface area contributed by atoms with E-state index >= 15 is 0 Å². The summed E-state index contributed by atoms with van der Waals surface area (Å²) in [5.41, 5.74) is 0. The van der Waals surface area contributed by atoms with Crippen LogP contribution in [0.15, 0.2) is 0 Å². The Hall–Kier alpha value is -0.650. The molecule has 0 aromatic heterocycles. The normalized spacial score (nSPS) is 16.5. The van der Waals surface area contributed by atoms with Crippen molar-refractivity contribution in [2.75, 3.05) is 0 Å². The van der Waals surface area contributed by atoms with Crippen molar-refractivity contribution in [1.29, 1.82) is 0 Å². The predicted molar refractivity (Wildman–Crippen MR) is 37.9 cm³/mol. The molecule has 0 aliphatic heterocycles. The molecular formula is C6H13NO4. The predicted octanol–water partition coefficient (Wildman–Crippen LogP) is -1.25. The molecule has 11 heavy (non-hydrogen) atoms. The molecule has 0 aromatic rings. The number of aliphatic carboxylic acids is 1. The summed E-state index contributed by atoms with van der Waals surface area (Å²) in [4.78, 5) is 10.2. The molecule has 0 saturated heterocycles. The third-order valence-corrected chi connectivity index (χ3v) is 1.33. The maximum absolute atomic E-state index is 10.2. The van der Waals surface area contributed by atoms with Crippen LogP contribution in [-0.4, -0.2) is 39.7 Å². The van der Waals surface area contributed by atoms with Gasteiger partial charge in [-0.1, -0.05) is 0 Å². The van der Waals surface area contributed by atoms with Gasteiger partial charge in [0.1, 0.15) is 6.04 Å². The number of aliphatic hydroxyl groups is 2. The van der Waals surface area contributed by atoms with Gasteiger partial charge in [-0.15, -0.1) is 0 Å². The monoisotopic (exact) mass is 163 g/mol. The van der Waals surface area contributed by atoms with Crippen molar-refractivity contribution >= 4 is 5.97 Å². The summed E-state index contributed by atoms with van der Waals surface area (Å²) in [6, 6.07) is -1.41. The molecule has 2 atom stereocenters. The summed E-state index contributed by atoms with van der Waals surface area (Å²) in [6.07, 6.45) is -1.53. The van der Waals surface area contributed by atoms with Crippen molar-refractivity contribution in [3.63, 3.8) is 0 Å². The quantitative estimate of drug-likeness (QED) is 0.389. The van der Waals surface area contributed by atoms with E-state index in [0.717, 1.165) is 0 Å². The van der Waals surface area contributed by atoms with Crippen molar-refractivity contribution in [1.82, 2.24) is 5.32 Å². The molecule has 0 bridgehead atoms. The first-order chi connectivity index (χ1) is 4.95. The van der Waals surface area contributed by atoms with Crippen LogP contribution in [0, 0.1) is 0 Å². The Labute approximate surface area is 64.7 Å². The van der Waals surface area contributed by atoms with E-state index in [1.54, 1.807) is 0 Å². The first-order valence-electron chi connectivity index (χ1n) is 3.30. The second-order valence-corrected chi connectivity index (χ2v) is 2.43. The van der Waals surface area contributed by atoms with Crippen LogP contribution in [0.3, 0.4) is 0 Å². The second kappa shape index (κ2) is 4.27. The highest BCUT2D eigenvalue weighted by Gasteiger charge is 2.17. The van der Waals surface area contributed by atoms with Gasteiger partial charge in [0.15, 0.2) is 6.29 Å². The highest BCUT2D eigenvalue weighted by Crippen LogP contribution is 1.90. The van der Waals surface area contributed by atoms with Crippen LogP contribution in [0.1, 0.15) is 13.8 Å². The lowest BCUT2D eigenvalue weighted by atomic mass is 10.2. The lowest BCUT2D eigenvalue weighted by Crippen LogP contribution is -2.45. The summed E-state index contributed by atoms with van der Waals surface area (Å²) in [5, 5.41) is 28.0. The molecule has 0 amide bonds. The number of rotatable bonds is 4. The van der Waals surface area contributed by atoms with Gasteiger partial charge in [-0.3, -0.25) is 10.1 Å². The molecule has 5 heteroatoms. The molecule has 5 nitrogen and oxygen atoms in total. The fourth-order valence-electron chi connectivity index (χ4n) is 0.552. The van der Waals surface area contributed by atoms with E-state index in [9.17, 15) is 4.79 Å². The van der Waals surface area contributed by atoms with Crippen LogP contribution in [-0.2, 0) is 4.79 Å². The molecule has 4 N–H and O–H groups in total. The summed E-state index contributed by atoms with van der Waals surface area (Å²) >= 11 is 0. The topological polar surface area (TPSA) is 89.8 Å². The molecule has 66 valence electrons. The molecule has 0 aromatic carbocycles. The van der Waals surface area contributed by atoms with Crippen LogP contribution in [0.2, 0.25) is 0 Å². The standard InChI is InChI=1S/C6H13NO4/c1-3(5(8)9)7-4(2)6(10)11/h3-5,7-9H,1-2H3,(H,10,11)/t3-,4+/m0/s1. The van der Waals surface area contributed by atoms with E-state index in [1.165, 1.54) is 13.8 Å². The van der Waals surface area contributed by atoms with Gasteiger partial charge in [0.05, 0.1) is 6.04 Å². The number of aliphatic hydroxyl groups excluding tert-OH is 1. The Morgan fingerprint density at radius 3 is 2.09 bits per heavy atom. The maximum atomic E-state index is 10.2. The molecule has 0 fully saturated rings. The van der Waals surface area contributed by atoms with Crippen LogP contribution in [0.4, 0.5) is 0 Å². The average molecular weight is 163 g/mol. The molecule has 0 radical (unpaired) electrons. The van der Waals surface area contributed by atoms with Crippen LogP contribution < -0.4 is 5.32 Å². The highest BCUT2D eigenvalue weighted by atomic mass is 16.5. The molecule has 0 heterocycles. The number of hydrogen-bond donors (Lipinski definition) is 4. The molecule has 0 saturated carbocycles. The minimum Gasteiger partial charge on any atom is -0.480 e. The maximum Gasteiger partial charge on any atom is 0.320 e. The fourth-order valence-corrected chi connectivity index (χ4v) is 0.552. The summed E-state index contributed by atoms with van der Waals surface area (Å²) < 4.78 is 0. The summed E-state index contributed by atoms with van der Waals surface area (Å²) in [7, 11) is 0. The van der Waals surface area contributed by atoms with Crippen LogP contribution >= 0.6 is 0 Å². The average Bonchev–Trinajstić information content (AvgIpc) is 1.87. The van der Waals surface area contributed by atoms with E-state index in [1.807, 2.05) is 0 Å². The Morgan fingerprint density at radius 1 is 1.36 bits per heavy atom. The van der Waals surface area contributed by atoms with Crippen molar-refractivity contribution in [3.05, 3.63) is 0 Å². The van der Waals surface area contributed by atoms with E-state index in [0.29, 0.717) is 0 Å². The largest absolute Gasteiger partial charge is 0.480 e. The zero-order valence-corrected chi connectivity index (χ0v) is 6.48. The zero-order valence-electron chi connectivity index (χ0n) is 6.48. The number of carboxylic acid groups (broad SMARTS) is 1. The first-order valence-corrected chi connectivity index (χ1v) is 3.30. The molecule has 0 spiro atoms. The molecule has 0 unspecified atom stereocenters. The van der Waals surface area contributed by atoms with Crippen molar-refractivity contribution in [2.24, 2.45) is 0 Å². The van der Waals surface area contributed by atoms with Gasteiger partial charge >= 0.3 is 5.97 Å². The van der Waals surface area contributed by atoms with Crippen LogP contribution in [0.25, 0.3) is 0 Å².